The number of benzene rings is 2. The molecule has 9 nitrogen and oxygen atoms in total. The first kappa shape index (κ1) is 24.0. The number of nitrogen functional groups attached to an aromatic ring is 1. The zero-order chi connectivity index (χ0) is 26.2. The van der Waals surface area contributed by atoms with Crippen LogP contribution in [-0.2, 0) is 19.1 Å². The molecule has 1 aliphatic heterocycles. The van der Waals surface area contributed by atoms with E-state index in [9.17, 15) is 22.4 Å². The molecule has 0 spiro atoms. The van der Waals surface area contributed by atoms with Gasteiger partial charge in [-0.3, -0.25) is 4.90 Å². The average molecular weight is 513 g/mol. The number of hydrogen-bond donors (Lipinski definition) is 2. The fraction of sp³-hybridized carbons (Fsp3) is 0.167. The second kappa shape index (κ2) is 9.41. The highest BCUT2D eigenvalue weighted by Gasteiger charge is 2.34. The summed E-state index contributed by atoms with van der Waals surface area (Å²) in [6.07, 6.45) is 0.314. The quantitative estimate of drug-likeness (QED) is 0.369. The lowest BCUT2D eigenvalue weighted by Gasteiger charge is -2.19. The van der Waals surface area contributed by atoms with E-state index in [1.807, 2.05) is 0 Å². The number of ether oxygens (including phenoxy) is 1. The number of nitrogens with zero attached hydrogens (tertiary/aromatic N) is 5. The molecular weight excluding hydrogens is 494 g/mol. The fourth-order valence-electron chi connectivity index (χ4n) is 3.95. The van der Waals surface area contributed by atoms with E-state index < -0.39 is 23.6 Å². The predicted molar refractivity (Wildman–Crippen MR) is 126 cm³/mol. The minimum absolute atomic E-state index is 0.163. The van der Waals surface area contributed by atoms with Crippen LogP contribution in [0, 0.1) is 5.82 Å². The first-order valence-corrected chi connectivity index (χ1v) is 11.0. The van der Waals surface area contributed by atoms with Crippen molar-refractivity contribution < 1.29 is 27.1 Å². The van der Waals surface area contributed by atoms with Gasteiger partial charge in [-0.25, -0.2) is 24.1 Å². The largest absolute Gasteiger partial charge is 0.439 e. The maximum absolute atomic E-state index is 13.5. The molecule has 0 aliphatic carbocycles. The highest BCUT2D eigenvalue weighted by Crippen LogP contribution is 2.35. The summed E-state index contributed by atoms with van der Waals surface area (Å²) in [5, 5.41) is 2.40. The Balaban J connectivity index is 1.28. The molecule has 5 rings (SSSR count). The van der Waals surface area contributed by atoms with Gasteiger partial charge in [0, 0.05) is 36.4 Å². The van der Waals surface area contributed by atoms with Crippen molar-refractivity contribution in [1.29, 1.82) is 0 Å². The van der Waals surface area contributed by atoms with Crippen molar-refractivity contribution in [2.75, 3.05) is 22.5 Å². The Bertz CT molecular complexity index is 1470. The number of anilines is 3. The molecule has 2 aromatic carbocycles. The van der Waals surface area contributed by atoms with Crippen molar-refractivity contribution in [3.8, 4) is 11.6 Å². The van der Waals surface area contributed by atoms with Crippen LogP contribution >= 0.6 is 0 Å². The van der Waals surface area contributed by atoms with Crippen molar-refractivity contribution in [1.82, 2.24) is 19.5 Å². The van der Waals surface area contributed by atoms with Crippen molar-refractivity contribution >= 4 is 23.4 Å². The summed E-state index contributed by atoms with van der Waals surface area (Å²) in [6, 6.07) is 8.44. The molecule has 0 saturated heterocycles. The molecule has 3 heterocycles. The number of hydrogen-bond acceptors (Lipinski definition) is 6. The minimum Gasteiger partial charge on any atom is -0.439 e. The summed E-state index contributed by atoms with van der Waals surface area (Å²) in [7, 11) is 0. The van der Waals surface area contributed by atoms with Crippen LogP contribution in [0.15, 0.2) is 61.2 Å². The van der Waals surface area contributed by atoms with E-state index in [4.69, 9.17) is 10.5 Å². The van der Waals surface area contributed by atoms with E-state index in [1.54, 1.807) is 41.2 Å². The Kier molecular flexibility index (Phi) is 6.11. The molecule has 2 aromatic heterocycles. The van der Waals surface area contributed by atoms with E-state index in [-0.39, 0.29) is 5.69 Å². The number of alkyl halides is 3. The summed E-state index contributed by atoms with van der Waals surface area (Å²) in [5.41, 5.74) is 6.23. The number of nitrogens with one attached hydrogen (secondary N) is 1. The maximum Gasteiger partial charge on any atom is 0.419 e. The molecule has 0 saturated carbocycles. The van der Waals surface area contributed by atoms with Crippen molar-refractivity contribution in [2.24, 2.45) is 0 Å². The monoisotopic (exact) mass is 513 g/mol. The first-order chi connectivity index (χ1) is 17.7. The van der Waals surface area contributed by atoms with E-state index in [0.717, 1.165) is 11.6 Å². The van der Waals surface area contributed by atoms with Crippen LogP contribution in [-0.4, -0.2) is 32.1 Å². The molecule has 190 valence electrons. The summed E-state index contributed by atoms with van der Waals surface area (Å²) in [5.74, 6) is -0.256. The van der Waals surface area contributed by atoms with Gasteiger partial charge in [0.2, 0.25) is 5.88 Å². The first-order valence-electron chi connectivity index (χ1n) is 11.0. The van der Waals surface area contributed by atoms with Gasteiger partial charge < -0.3 is 20.4 Å². The lowest BCUT2D eigenvalue weighted by atomic mass is 10.1. The number of carbonyl (C=O) groups excluding carboxylic acids is 1. The number of amides is 2. The highest BCUT2D eigenvalue weighted by molar-refractivity contribution is 6.03. The minimum atomic E-state index is -4.88. The standard InChI is InChI=1S/C24H19F4N7O2/c25-19-3-1-15(10-18(19)24(26,27)28)33-23(36)35-7-5-14-9-17(2-4-20(14)35)37-21-11-16(31-13-32-21)12-34-8-6-30-22(34)29/h1-4,6,8-11,13H,5,7,12H2,(H2,29,30)(H,33,36). The van der Waals surface area contributed by atoms with Crippen molar-refractivity contribution in [2.45, 2.75) is 19.1 Å². The molecule has 0 fully saturated rings. The molecule has 0 radical (unpaired) electrons. The third-order valence-electron chi connectivity index (χ3n) is 5.72. The third kappa shape index (κ3) is 5.15. The predicted octanol–water partition coefficient (Wildman–Crippen LogP) is 4.85. The van der Waals surface area contributed by atoms with Crippen LogP contribution in [0.1, 0.15) is 16.8 Å². The topological polar surface area (TPSA) is 111 Å². The molecule has 0 atom stereocenters. The Morgan fingerprint density at radius 3 is 2.70 bits per heavy atom. The molecule has 1 aliphatic rings. The lowest BCUT2D eigenvalue weighted by molar-refractivity contribution is -0.139. The van der Waals surface area contributed by atoms with Crippen molar-refractivity contribution in [3.63, 3.8) is 0 Å². The molecule has 4 aromatic rings. The SMILES string of the molecule is Nc1nccn1Cc1cc(Oc2ccc3c(c2)CCN3C(=O)Nc2ccc(F)c(C(F)(F)F)c2)ncn1. The number of urea groups is 1. The molecule has 0 bridgehead atoms. The molecular formula is C24H19F4N7O2. The Labute approximate surface area is 207 Å². The van der Waals surface area contributed by atoms with Gasteiger partial charge in [0.1, 0.15) is 17.9 Å². The van der Waals surface area contributed by atoms with Crippen LogP contribution in [0.2, 0.25) is 0 Å². The normalized spacial score (nSPS) is 12.9. The van der Waals surface area contributed by atoms with E-state index in [0.29, 0.717) is 60.6 Å². The van der Waals surface area contributed by atoms with E-state index >= 15 is 0 Å². The van der Waals surface area contributed by atoms with Crippen molar-refractivity contribution in [3.05, 3.63) is 83.8 Å². The Hall–Kier alpha value is -4.68. The van der Waals surface area contributed by atoms with Crippen LogP contribution in [0.5, 0.6) is 11.6 Å². The fourth-order valence-corrected chi connectivity index (χ4v) is 3.95. The van der Waals surface area contributed by atoms with E-state index in [1.165, 1.54) is 11.2 Å². The second-order valence-corrected chi connectivity index (χ2v) is 8.18. The van der Waals surface area contributed by atoms with Gasteiger partial charge in [-0.1, -0.05) is 0 Å². The van der Waals surface area contributed by atoms with Gasteiger partial charge in [0.15, 0.2) is 5.95 Å². The average Bonchev–Trinajstić information content (AvgIpc) is 3.45. The molecule has 3 N–H and O–H groups in total. The number of rotatable bonds is 5. The maximum atomic E-state index is 13.5. The smallest absolute Gasteiger partial charge is 0.419 e. The second-order valence-electron chi connectivity index (χ2n) is 8.18. The number of imidazole rings is 1. The number of nitrogens with two attached hydrogens (primary N) is 1. The number of halogens is 4. The zero-order valence-electron chi connectivity index (χ0n) is 19.0. The Morgan fingerprint density at radius 1 is 1.11 bits per heavy atom. The Morgan fingerprint density at radius 2 is 1.95 bits per heavy atom. The van der Waals surface area contributed by atoms with Gasteiger partial charge in [0.25, 0.3) is 0 Å². The summed E-state index contributed by atoms with van der Waals surface area (Å²) in [4.78, 5) is 26.5. The molecule has 13 heteroatoms. The molecule has 37 heavy (non-hydrogen) atoms. The molecule has 0 unspecified atom stereocenters. The highest BCUT2D eigenvalue weighted by atomic mass is 19.4. The van der Waals surface area contributed by atoms with Gasteiger partial charge in [-0.2, -0.15) is 13.2 Å². The van der Waals surface area contributed by atoms with Crippen LogP contribution in [0.25, 0.3) is 0 Å². The summed E-state index contributed by atoms with van der Waals surface area (Å²) >= 11 is 0. The van der Waals surface area contributed by atoms with Crippen LogP contribution < -0.4 is 20.7 Å². The summed E-state index contributed by atoms with van der Waals surface area (Å²) < 4.78 is 60.1. The zero-order valence-corrected chi connectivity index (χ0v) is 19.0. The lowest BCUT2D eigenvalue weighted by Crippen LogP contribution is -2.33. The van der Waals surface area contributed by atoms with Gasteiger partial charge >= 0.3 is 12.2 Å². The summed E-state index contributed by atoms with van der Waals surface area (Å²) in [6.45, 7) is 0.694. The van der Waals surface area contributed by atoms with Gasteiger partial charge in [0.05, 0.1) is 17.8 Å². The third-order valence-corrected chi connectivity index (χ3v) is 5.72. The molecule has 2 amide bonds. The van der Waals surface area contributed by atoms with Gasteiger partial charge in [-0.05, 0) is 48.4 Å². The van der Waals surface area contributed by atoms with Crippen LogP contribution in [0.3, 0.4) is 0 Å². The van der Waals surface area contributed by atoms with E-state index in [2.05, 4.69) is 20.3 Å². The number of aromatic nitrogens is 4. The number of carbonyl (C=O) groups is 1. The van der Waals surface area contributed by atoms with Crippen LogP contribution in [0.4, 0.5) is 39.7 Å². The van der Waals surface area contributed by atoms with Gasteiger partial charge in [-0.15, -0.1) is 0 Å². The number of fused-ring (bicyclic) bond motifs is 1.